The van der Waals surface area contributed by atoms with Crippen LogP contribution >= 0.6 is 11.6 Å². The molecule has 6 heteroatoms. The van der Waals surface area contributed by atoms with Crippen LogP contribution < -0.4 is 5.32 Å². The van der Waals surface area contributed by atoms with Gasteiger partial charge < -0.3 is 5.32 Å². The molecular formula is C14H16ClF2N3. The molecule has 0 aliphatic carbocycles. The molecule has 3 nitrogen and oxygen atoms in total. The Hall–Kier alpha value is -1.46. The van der Waals surface area contributed by atoms with E-state index >= 15 is 0 Å². The molecule has 0 spiro atoms. The van der Waals surface area contributed by atoms with Gasteiger partial charge in [-0.3, -0.25) is 4.68 Å². The zero-order valence-electron chi connectivity index (χ0n) is 11.5. The highest BCUT2D eigenvalue weighted by atomic mass is 35.5. The Kier molecular flexibility index (Phi) is 4.40. The van der Waals surface area contributed by atoms with Crippen molar-refractivity contribution in [1.29, 1.82) is 0 Å². The van der Waals surface area contributed by atoms with Crippen molar-refractivity contribution >= 4 is 11.6 Å². The zero-order valence-corrected chi connectivity index (χ0v) is 12.3. The number of hydrogen-bond acceptors (Lipinski definition) is 2. The van der Waals surface area contributed by atoms with Gasteiger partial charge in [-0.15, -0.1) is 0 Å². The van der Waals surface area contributed by atoms with Gasteiger partial charge >= 0.3 is 0 Å². The van der Waals surface area contributed by atoms with Crippen molar-refractivity contribution < 1.29 is 8.78 Å². The van der Waals surface area contributed by atoms with Crippen LogP contribution in [0.4, 0.5) is 8.78 Å². The number of nitrogens with one attached hydrogen (secondary N) is 1. The van der Waals surface area contributed by atoms with E-state index in [0.717, 1.165) is 0 Å². The molecule has 0 saturated carbocycles. The molecule has 1 heterocycles. The van der Waals surface area contributed by atoms with Gasteiger partial charge in [0, 0.05) is 12.6 Å². The Labute approximate surface area is 121 Å². The number of rotatable bonds is 4. The maximum absolute atomic E-state index is 14.3. The molecule has 0 amide bonds. The van der Waals surface area contributed by atoms with Crippen LogP contribution in [0.2, 0.25) is 5.02 Å². The summed E-state index contributed by atoms with van der Waals surface area (Å²) < 4.78 is 30.0. The Morgan fingerprint density at radius 2 is 2.10 bits per heavy atom. The quantitative estimate of drug-likeness (QED) is 0.938. The number of halogens is 3. The van der Waals surface area contributed by atoms with Crippen LogP contribution in [0.3, 0.4) is 0 Å². The van der Waals surface area contributed by atoms with E-state index in [2.05, 4.69) is 10.4 Å². The van der Waals surface area contributed by atoms with E-state index in [1.54, 1.807) is 14.0 Å². The highest BCUT2D eigenvalue weighted by Crippen LogP contribution is 2.32. The molecule has 108 valence electrons. The summed E-state index contributed by atoms with van der Waals surface area (Å²) in [6, 6.07) is 2.00. The average Bonchev–Trinajstić information content (AvgIpc) is 2.73. The molecule has 0 radical (unpaired) electrons. The maximum atomic E-state index is 14.3. The molecule has 1 atom stereocenters. The Morgan fingerprint density at radius 3 is 2.65 bits per heavy atom. The third-order valence-electron chi connectivity index (χ3n) is 3.23. The third-order valence-corrected chi connectivity index (χ3v) is 3.52. The Morgan fingerprint density at radius 1 is 1.40 bits per heavy atom. The summed E-state index contributed by atoms with van der Waals surface area (Å²) in [7, 11) is 1.69. The molecule has 0 bridgehead atoms. The average molecular weight is 300 g/mol. The molecule has 0 saturated heterocycles. The Balaban J connectivity index is 2.64. The number of benzene rings is 1. The molecule has 1 aromatic heterocycles. The normalized spacial score (nSPS) is 12.7. The second kappa shape index (κ2) is 5.89. The van der Waals surface area contributed by atoms with E-state index in [1.165, 1.54) is 23.0 Å². The predicted molar refractivity (Wildman–Crippen MR) is 74.8 cm³/mol. The summed E-state index contributed by atoms with van der Waals surface area (Å²) in [5.74, 6) is -1.16. The maximum Gasteiger partial charge on any atom is 0.134 e. The Bertz CT molecular complexity index is 606. The summed E-state index contributed by atoms with van der Waals surface area (Å²) in [5.41, 5.74) is 0.900. The van der Waals surface area contributed by atoms with Gasteiger partial charge in [-0.1, -0.05) is 24.6 Å². The van der Waals surface area contributed by atoms with Crippen LogP contribution in [-0.2, 0) is 7.05 Å². The van der Waals surface area contributed by atoms with Gasteiger partial charge in [-0.25, -0.2) is 8.78 Å². The zero-order chi connectivity index (χ0) is 14.9. The molecule has 1 N–H and O–H groups in total. The van der Waals surface area contributed by atoms with Crippen LogP contribution in [0, 0.1) is 18.6 Å². The molecule has 0 aliphatic rings. The van der Waals surface area contributed by atoms with Gasteiger partial charge in [0.15, 0.2) is 0 Å². The van der Waals surface area contributed by atoms with Crippen LogP contribution in [-0.4, -0.2) is 16.3 Å². The second-order valence-electron chi connectivity index (χ2n) is 4.58. The van der Waals surface area contributed by atoms with E-state index < -0.39 is 17.7 Å². The first kappa shape index (κ1) is 14.9. The lowest BCUT2D eigenvalue weighted by Crippen LogP contribution is -2.26. The van der Waals surface area contributed by atoms with Crippen molar-refractivity contribution in [2.24, 2.45) is 7.05 Å². The van der Waals surface area contributed by atoms with Gasteiger partial charge in [0.2, 0.25) is 0 Å². The number of aryl methyl sites for hydroxylation is 2. The van der Waals surface area contributed by atoms with Gasteiger partial charge in [0.1, 0.15) is 11.6 Å². The first-order chi connectivity index (χ1) is 9.47. The van der Waals surface area contributed by atoms with E-state index in [1.807, 2.05) is 6.92 Å². The lowest BCUT2D eigenvalue weighted by Gasteiger charge is -2.21. The largest absolute Gasteiger partial charge is 0.305 e. The standard InChI is InChI=1S/C14H16ClF2N3/c1-4-18-13(14-9(15)7-19-20(14)3)11-10(16)6-5-8(2)12(11)17/h5-7,13,18H,4H2,1-3H3. The van der Waals surface area contributed by atoms with Crippen molar-refractivity contribution in [1.82, 2.24) is 15.1 Å². The van der Waals surface area contributed by atoms with Gasteiger partial charge in [0.05, 0.1) is 23.0 Å². The van der Waals surface area contributed by atoms with Gasteiger partial charge in [-0.2, -0.15) is 5.10 Å². The predicted octanol–water partition coefficient (Wildman–Crippen LogP) is 3.36. The lowest BCUT2D eigenvalue weighted by atomic mass is 9.99. The molecule has 0 aliphatic heterocycles. The van der Waals surface area contributed by atoms with E-state index in [9.17, 15) is 8.78 Å². The minimum absolute atomic E-state index is 0.0302. The fraction of sp³-hybridized carbons (Fsp3) is 0.357. The summed E-state index contributed by atoms with van der Waals surface area (Å²) in [6.45, 7) is 4.01. The topological polar surface area (TPSA) is 29.9 Å². The number of nitrogens with zero attached hydrogens (tertiary/aromatic N) is 2. The lowest BCUT2D eigenvalue weighted by molar-refractivity contribution is 0.490. The molecular weight excluding hydrogens is 284 g/mol. The monoisotopic (exact) mass is 299 g/mol. The summed E-state index contributed by atoms with van der Waals surface area (Å²) in [5, 5.41) is 7.47. The van der Waals surface area contributed by atoms with E-state index in [-0.39, 0.29) is 5.56 Å². The van der Waals surface area contributed by atoms with Crippen molar-refractivity contribution in [2.45, 2.75) is 19.9 Å². The molecule has 20 heavy (non-hydrogen) atoms. The SMILES string of the molecule is CCNC(c1c(F)ccc(C)c1F)c1c(Cl)cnn1C. The van der Waals surface area contributed by atoms with Crippen LogP contribution in [0.5, 0.6) is 0 Å². The molecule has 0 fully saturated rings. The van der Waals surface area contributed by atoms with Gasteiger partial charge in [0.25, 0.3) is 0 Å². The van der Waals surface area contributed by atoms with Crippen molar-refractivity contribution in [3.8, 4) is 0 Å². The molecule has 2 rings (SSSR count). The first-order valence-corrected chi connectivity index (χ1v) is 6.70. The fourth-order valence-corrected chi connectivity index (χ4v) is 2.50. The second-order valence-corrected chi connectivity index (χ2v) is 4.99. The minimum Gasteiger partial charge on any atom is -0.305 e. The smallest absolute Gasteiger partial charge is 0.134 e. The first-order valence-electron chi connectivity index (χ1n) is 6.32. The fourth-order valence-electron chi connectivity index (χ4n) is 2.23. The van der Waals surface area contributed by atoms with Crippen LogP contribution in [0.15, 0.2) is 18.3 Å². The highest BCUT2D eigenvalue weighted by Gasteiger charge is 2.26. The minimum atomic E-state index is -0.681. The summed E-state index contributed by atoms with van der Waals surface area (Å²) >= 11 is 6.10. The number of hydrogen-bond donors (Lipinski definition) is 1. The molecule has 1 aromatic carbocycles. The number of aromatic nitrogens is 2. The van der Waals surface area contributed by atoms with Crippen molar-refractivity contribution in [2.75, 3.05) is 6.54 Å². The highest BCUT2D eigenvalue weighted by molar-refractivity contribution is 6.31. The van der Waals surface area contributed by atoms with Gasteiger partial charge in [-0.05, 0) is 25.1 Å². The summed E-state index contributed by atoms with van der Waals surface area (Å²) in [4.78, 5) is 0. The van der Waals surface area contributed by atoms with E-state index in [4.69, 9.17) is 11.6 Å². The van der Waals surface area contributed by atoms with Crippen LogP contribution in [0.25, 0.3) is 0 Å². The van der Waals surface area contributed by atoms with Crippen LogP contribution in [0.1, 0.15) is 29.8 Å². The molecule has 1 unspecified atom stereocenters. The molecule has 2 aromatic rings. The van der Waals surface area contributed by atoms with Crippen molar-refractivity contribution in [3.63, 3.8) is 0 Å². The van der Waals surface area contributed by atoms with Crippen molar-refractivity contribution in [3.05, 3.63) is 51.8 Å². The summed E-state index contributed by atoms with van der Waals surface area (Å²) in [6.07, 6.45) is 1.47. The van der Waals surface area contributed by atoms with E-state index in [0.29, 0.717) is 22.8 Å². The third kappa shape index (κ3) is 2.55.